The van der Waals surface area contributed by atoms with Crippen LogP contribution in [0.15, 0.2) is 29.3 Å². The third-order valence-electron chi connectivity index (χ3n) is 4.98. The Labute approximate surface area is 188 Å². The number of hydrogen-bond acceptors (Lipinski definition) is 4. The van der Waals surface area contributed by atoms with Crippen molar-refractivity contribution in [2.24, 2.45) is 4.99 Å². The lowest BCUT2D eigenvalue weighted by Gasteiger charge is -2.36. The number of rotatable bonds is 5. The summed E-state index contributed by atoms with van der Waals surface area (Å²) in [6.45, 7) is 4.85. The van der Waals surface area contributed by atoms with Crippen molar-refractivity contribution < 1.29 is 9.53 Å². The minimum Gasteiger partial charge on any atom is -0.376 e. The first-order valence-electron chi connectivity index (χ1n) is 9.50. The van der Waals surface area contributed by atoms with Crippen LogP contribution in [0.4, 0.5) is 5.69 Å². The van der Waals surface area contributed by atoms with Crippen LogP contribution in [0.1, 0.15) is 12.8 Å². The van der Waals surface area contributed by atoms with Gasteiger partial charge in [-0.25, -0.2) is 0 Å². The minimum atomic E-state index is 0. The Bertz CT molecular complexity index is 644. The van der Waals surface area contributed by atoms with Crippen molar-refractivity contribution in [3.8, 4) is 0 Å². The first kappa shape index (κ1) is 23.0. The minimum absolute atomic E-state index is 0. The van der Waals surface area contributed by atoms with Gasteiger partial charge in [-0.1, -0.05) is 11.6 Å². The molecule has 2 heterocycles. The predicted molar refractivity (Wildman–Crippen MR) is 124 cm³/mol. The number of ether oxygens (including phenoxy) is 1. The van der Waals surface area contributed by atoms with Gasteiger partial charge in [-0.3, -0.25) is 9.79 Å². The van der Waals surface area contributed by atoms with Gasteiger partial charge in [-0.05, 0) is 37.1 Å². The van der Waals surface area contributed by atoms with Crippen LogP contribution < -0.4 is 15.5 Å². The first-order valence-corrected chi connectivity index (χ1v) is 9.88. The van der Waals surface area contributed by atoms with Crippen molar-refractivity contribution in [3.05, 3.63) is 29.3 Å². The van der Waals surface area contributed by atoms with Crippen LogP contribution in [0.5, 0.6) is 0 Å². The Morgan fingerprint density at radius 2 is 1.93 bits per heavy atom. The van der Waals surface area contributed by atoms with Gasteiger partial charge in [-0.15, -0.1) is 24.0 Å². The van der Waals surface area contributed by atoms with E-state index < -0.39 is 0 Å². The van der Waals surface area contributed by atoms with Crippen molar-refractivity contribution in [3.63, 3.8) is 0 Å². The van der Waals surface area contributed by atoms with Crippen molar-refractivity contribution >= 4 is 53.1 Å². The van der Waals surface area contributed by atoms with Crippen LogP contribution in [0.2, 0.25) is 5.02 Å². The zero-order valence-electron chi connectivity index (χ0n) is 16.2. The number of halogens is 2. The average Bonchev–Trinajstić information content (AvgIpc) is 3.22. The highest BCUT2D eigenvalue weighted by molar-refractivity contribution is 14.0. The van der Waals surface area contributed by atoms with Gasteiger partial charge in [0.15, 0.2) is 5.96 Å². The van der Waals surface area contributed by atoms with E-state index in [1.807, 2.05) is 29.2 Å². The topological polar surface area (TPSA) is 69.2 Å². The molecule has 0 aliphatic carbocycles. The maximum absolute atomic E-state index is 12.5. The van der Waals surface area contributed by atoms with Crippen molar-refractivity contribution in [1.29, 1.82) is 0 Å². The van der Waals surface area contributed by atoms with Crippen LogP contribution in [-0.4, -0.2) is 75.8 Å². The number of carbonyl (C=O) groups is 1. The largest absolute Gasteiger partial charge is 0.376 e. The summed E-state index contributed by atoms with van der Waals surface area (Å²) in [5.74, 6) is 0.726. The summed E-state index contributed by atoms with van der Waals surface area (Å²) in [4.78, 5) is 20.8. The molecule has 1 unspecified atom stereocenters. The molecule has 7 nitrogen and oxygen atoms in total. The van der Waals surface area contributed by atoms with Crippen molar-refractivity contribution in [1.82, 2.24) is 15.5 Å². The Balaban J connectivity index is 0.00000280. The molecule has 1 atom stereocenters. The second kappa shape index (κ2) is 11.7. The molecule has 0 saturated carbocycles. The Morgan fingerprint density at radius 1 is 1.21 bits per heavy atom. The molecule has 2 saturated heterocycles. The van der Waals surface area contributed by atoms with E-state index in [0.29, 0.717) is 25.6 Å². The summed E-state index contributed by atoms with van der Waals surface area (Å²) in [6.07, 6.45) is 2.42. The van der Waals surface area contributed by atoms with E-state index in [9.17, 15) is 4.79 Å². The number of carbonyl (C=O) groups excluding carboxylic acids is 1. The molecule has 28 heavy (non-hydrogen) atoms. The van der Waals surface area contributed by atoms with Crippen LogP contribution >= 0.6 is 35.6 Å². The second-order valence-corrected chi connectivity index (χ2v) is 7.22. The molecule has 9 heteroatoms. The number of nitrogens with zero attached hydrogens (tertiary/aromatic N) is 3. The number of hydrogen-bond donors (Lipinski definition) is 2. The number of benzene rings is 1. The van der Waals surface area contributed by atoms with E-state index in [4.69, 9.17) is 16.3 Å². The highest BCUT2D eigenvalue weighted by atomic mass is 127. The quantitative estimate of drug-likeness (QED) is 0.352. The third-order valence-corrected chi connectivity index (χ3v) is 5.23. The highest BCUT2D eigenvalue weighted by Gasteiger charge is 2.21. The van der Waals surface area contributed by atoms with Crippen molar-refractivity contribution in [2.45, 2.75) is 18.9 Å². The number of anilines is 1. The molecule has 2 N–H and O–H groups in total. The normalized spacial score (nSPS) is 19.9. The Kier molecular flexibility index (Phi) is 9.60. The van der Waals surface area contributed by atoms with Gasteiger partial charge in [0.1, 0.15) is 0 Å². The summed E-state index contributed by atoms with van der Waals surface area (Å²) in [5.41, 5.74) is 1.14. The van der Waals surface area contributed by atoms with E-state index in [2.05, 4.69) is 20.5 Å². The molecule has 1 aromatic rings. The van der Waals surface area contributed by atoms with Gasteiger partial charge < -0.3 is 25.2 Å². The average molecular weight is 522 g/mol. The molecule has 0 spiro atoms. The molecule has 0 radical (unpaired) electrons. The van der Waals surface area contributed by atoms with Crippen LogP contribution in [0.3, 0.4) is 0 Å². The molecular formula is C19H29ClIN5O2. The standard InChI is InChI=1S/C19H28ClN5O2.HI/c1-21-19(22-13-17-3-2-12-27-17)23-14-18(26)25-10-8-24(9-11-25)16-6-4-15(20)5-7-16;/h4-7,17H,2-3,8-14H2,1H3,(H2,21,22,23);1H. The molecule has 2 fully saturated rings. The zero-order valence-corrected chi connectivity index (χ0v) is 19.3. The van der Waals surface area contributed by atoms with E-state index in [1.54, 1.807) is 7.05 Å². The smallest absolute Gasteiger partial charge is 0.242 e. The fourth-order valence-corrected chi connectivity index (χ4v) is 3.50. The van der Waals surface area contributed by atoms with E-state index in [-0.39, 0.29) is 42.5 Å². The van der Waals surface area contributed by atoms with Crippen LogP contribution in [0, 0.1) is 0 Å². The van der Waals surface area contributed by atoms with Gasteiger partial charge in [-0.2, -0.15) is 0 Å². The predicted octanol–water partition coefficient (Wildman–Crippen LogP) is 1.95. The summed E-state index contributed by atoms with van der Waals surface area (Å²) < 4.78 is 5.59. The SMILES string of the molecule is CN=C(NCC(=O)N1CCN(c2ccc(Cl)cc2)CC1)NCC1CCCO1.I. The molecule has 3 rings (SSSR count). The van der Waals surface area contributed by atoms with Gasteiger partial charge >= 0.3 is 0 Å². The maximum Gasteiger partial charge on any atom is 0.242 e. The summed E-state index contributed by atoms with van der Waals surface area (Å²) in [7, 11) is 1.71. The lowest BCUT2D eigenvalue weighted by molar-refractivity contribution is -0.130. The van der Waals surface area contributed by atoms with Gasteiger partial charge in [0.05, 0.1) is 12.6 Å². The van der Waals surface area contributed by atoms with E-state index >= 15 is 0 Å². The van der Waals surface area contributed by atoms with Crippen LogP contribution in [-0.2, 0) is 9.53 Å². The number of aliphatic imine (C=N–C) groups is 1. The fraction of sp³-hybridized carbons (Fsp3) is 0.579. The first-order chi connectivity index (χ1) is 13.2. The lowest BCUT2D eigenvalue weighted by Crippen LogP contribution is -2.52. The van der Waals surface area contributed by atoms with Gasteiger partial charge in [0.25, 0.3) is 0 Å². The molecule has 1 aromatic carbocycles. The molecule has 1 amide bonds. The molecular weight excluding hydrogens is 493 g/mol. The summed E-state index contributed by atoms with van der Waals surface area (Å²) in [5, 5.41) is 7.07. The zero-order chi connectivity index (χ0) is 19.1. The van der Waals surface area contributed by atoms with E-state index in [0.717, 1.165) is 43.2 Å². The fourth-order valence-electron chi connectivity index (χ4n) is 3.37. The molecule has 0 bridgehead atoms. The molecule has 0 aromatic heterocycles. The summed E-state index contributed by atoms with van der Waals surface area (Å²) >= 11 is 5.95. The van der Waals surface area contributed by atoms with E-state index in [1.165, 1.54) is 0 Å². The van der Waals surface area contributed by atoms with Crippen LogP contribution in [0.25, 0.3) is 0 Å². The van der Waals surface area contributed by atoms with Crippen molar-refractivity contribution in [2.75, 3.05) is 57.8 Å². The molecule has 156 valence electrons. The number of nitrogens with one attached hydrogen (secondary N) is 2. The van der Waals surface area contributed by atoms with Gasteiger partial charge in [0, 0.05) is 57.1 Å². The Morgan fingerprint density at radius 3 is 2.54 bits per heavy atom. The monoisotopic (exact) mass is 521 g/mol. The Hall–Kier alpha value is -1.26. The van der Waals surface area contributed by atoms with Gasteiger partial charge in [0.2, 0.25) is 5.91 Å². The maximum atomic E-state index is 12.5. The lowest BCUT2D eigenvalue weighted by atomic mass is 10.2. The molecule has 2 aliphatic heterocycles. The number of piperazine rings is 1. The number of amides is 1. The summed E-state index contributed by atoms with van der Waals surface area (Å²) in [6, 6.07) is 7.83. The second-order valence-electron chi connectivity index (χ2n) is 6.79. The third kappa shape index (κ3) is 6.66. The molecule has 2 aliphatic rings. The number of guanidine groups is 1. The highest BCUT2D eigenvalue weighted by Crippen LogP contribution is 2.19.